The molecule has 6 rings (SSSR count). The Bertz CT molecular complexity index is 1750. The molecule has 264 valence electrons. The summed E-state index contributed by atoms with van der Waals surface area (Å²) in [5, 5.41) is 13.9. The highest BCUT2D eigenvalue weighted by molar-refractivity contribution is 6.17. The van der Waals surface area contributed by atoms with E-state index in [4.69, 9.17) is 11.5 Å². The van der Waals surface area contributed by atoms with Gasteiger partial charge in [-0.05, 0) is 116 Å². The highest BCUT2D eigenvalue weighted by atomic mass is 35.5. The Kier molecular flexibility index (Phi) is 12.1. The Labute approximate surface area is 298 Å². The number of amides is 3. The number of carbonyl (C=O) groups excluding carboxylic acids is 3. The third-order valence-corrected chi connectivity index (χ3v) is 9.87. The Balaban J connectivity index is 0.00000486. The number of aryl methyl sites for hydroxylation is 1. The first-order chi connectivity index (χ1) is 23.7. The molecule has 2 aromatic carbocycles. The van der Waals surface area contributed by atoms with Crippen molar-refractivity contribution in [3.63, 3.8) is 0 Å². The summed E-state index contributed by atoms with van der Waals surface area (Å²) >= 11 is 0. The molecule has 1 aliphatic carbocycles. The van der Waals surface area contributed by atoms with Gasteiger partial charge in [0.2, 0.25) is 5.91 Å². The summed E-state index contributed by atoms with van der Waals surface area (Å²) in [5.74, 6) is -0.137. The first kappa shape index (κ1) is 36.7. The van der Waals surface area contributed by atoms with Crippen molar-refractivity contribution in [2.45, 2.75) is 45.1 Å². The number of piperazine rings is 1. The van der Waals surface area contributed by atoms with Crippen LogP contribution in [0.1, 0.15) is 47.3 Å². The Hall–Kier alpha value is -4.56. The van der Waals surface area contributed by atoms with Crippen LogP contribution in [-0.2, 0) is 16.0 Å². The third-order valence-electron chi connectivity index (χ3n) is 9.87. The molecule has 2 aliphatic rings. The lowest BCUT2D eigenvalue weighted by Crippen LogP contribution is -2.50. The molecular formula is C36H45ClN10O3. The zero-order valence-electron chi connectivity index (χ0n) is 28.5. The molecule has 3 heterocycles. The molecule has 1 saturated carbocycles. The van der Waals surface area contributed by atoms with Crippen molar-refractivity contribution in [2.75, 3.05) is 44.7 Å². The molecule has 14 heteroatoms. The molecule has 0 bridgehead atoms. The van der Waals surface area contributed by atoms with E-state index in [1.807, 2.05) is 42.2 Å². The second-order valence-corrected chi connectivity index (χ2v) is 13.2. The van der Waals surface area contributed by atoms with Gasteiger partial charge in [0, 0.05) is 49.4 Å². The van der Waals surface area contributed by atoms with Crippen LogP contribution in [0.2, 0.25) is 0 Å². The van der Waals surface area contributed by atoms with Gasteiger partial charge in [0.15, 0.2) is 5.82 Å². The van der Waals surface area contributed by atoms with Crippen LogP contribution in [-0.4, -0.2) is 98.9 Å². The van der Waals surface area contributed by atoms with Gasteiger partial charge in [0.25, 0.3) is 11.8 Å². The second kappa shape index (κ2) is 16.4. The fraction of sp³-hybridized carbons (Fsp3) is 0.417. The van der Waals surface area contributed by atoms with E-state index in [9.17, 15) is 14.4 Å². The number of tetrazole rings is 1. The topological polar surface area (TPSA) is 180 Å². The number of halogens is 1. The van der Waals surface area contributed by atoms with E-state index >= 15 is 0 Å². The van der Waals surface area contributed by atoms with Gasteiger partial charge in [-0.15, -0.1) is 17.5 Å². The first-order valence-corrected chi connectivity index (χ1v) is 16.9. The predicted octanol–water partition coefficient (Wildman–Crippen LogP) is 3.24. The standard InChI is InChI=1S/C36H44N10O3.ClH/c1-23-19-32(36(49)45-17-15-44(2)16-18-45)39-22-30(23)26-7-3-24(4-8-26)20-31(38)35(48)46(34(47)28-9-5-25(21-37)6-10-28)29-13-11-27(12-14-29)33-40-42-43-41-33;/h3-4,7-8,11-14,19,22,25,28,31H,5-6,9-10,15-18,20-21,37-38H2,1-2H3,(H,40,41,42,43);1H/t25-,28-,31-;/m0./s1. The maximum Gasteiger partial charge on any atom is 0.272 e. The largest absolute Gasteiger partial charge is 0.335 e. The van der Waals surface area contributed by atoms with Crippen LogP contribution in [0.3, 0.4) is 0 Å². The Morgan fingerprint density at radius 1 is 0.960 bits per heavy atom. The molecule has 50 heavy (non-hydrogen) atoms. The van der Waals surface area contributed by atoms with E-state index in [1.54, 1.807) is 30.5 Å². The lowest BCUT2D eigenvalue weighted by molar-refractivity contribution is -0.130. The molecule has 13 nitrogen and oxygen atoms in total. The number of rotatable bonds is 9. The predicted molar refractivity (Wildman–Crippen MR) is 193 cm³/mol. The van der Waals surface area contributed by atoms with E-state index in [2.05, 4.69) is 37.6 Å². The highest BCUT2D eigenvalue weighted by Gasteiger charge is 2.35. The van der Waals surface area contributed by atoms with Gasteiger partial charge in [-0.3, -0.25) is 19.4 Å². The summed E-state index contributed by atoms with van der Waals surface area (Å²) in [4.78, 5) is 50.8. The van der Waals surface area contributed by atoms with Crippen molar-refractivity contribution in [1.82, 2.24) is 35.4 Å². The van der Waals surface area contributed by atoms with Crippen molar-refractivity contribution in [3.05, 3.63) is 77.6 Å². The molecule has 0 radical (unpaired) electrons. The van der Waals surface area contributed by atoms with Crippen LogP contribution in [0, 0.1) is 18.8 Å². The summed E-state index contributed by atoms with van der Waals surface area (Å²) in [5.41, 5.74) is 17.7. The van der Waals surface area contributed by atoms with Crippen LogP contribution in [0.5, 0.6) is 0 Å². The average Bonchev–Trinajstić information content (AvgIpc) is 3.68. The molecule has 5 N–H and O–H groups in total. The van der Waals surface area contributed by atoms with E-state index in [-0.39, 0.29) is 36.6 Å². The summed E-state index contributed by atoms with van der Waals surface area (Å²) in [7, 11) is 2.06. The van der Waals surface area contributed by atoms with Crippen LogP contribution < -0.4 is 16.4 Å². The Morgan fingerprint density at radius 3 is 2.22 bits per heavy atom. The lowest BCUT2D eigenvalue weighted by Gasteiger charge is -2.32. The number of pyridine rings is 1. The quantitative estimate of drug-likeness (QED) is 0.235. The van der Waals surface area contributed by atoms with Crippen molar-refractivity contribution in [2.24, 2.45) is 23.3 Å². The number of nitrogens with zero attached hydrogens (tertiary/aromatic N) is 7. The summed E-state index contributed by atoms with van der Waals surface area (Å²) in [6, 6.07) is 15.7. The number of H-pyrrole nitrogens is 1. The van der Waals surface area contributed by atoms with Gasteiger partial charge in [-0.2, -0.15) is 0 Å². The van der Waals surface area contributed by atoms with E-state index < -0.39 is 11.9 Å². The summed E-state index contributed by atoms with van der Waals surface area (Å²) in [6.07, 6.45) is 5.08. The third kappa shape index (κ3) is 8.24. The number of nitrogens with two attached hydrogens (primary N) is 2. The van der Waals surface area contributed by atoms with E-state index in [0.29, 0.717) is 55.6 Å². The van der Waals surface area contributed by atoms with Gasteiger partial charge in [0.1, 0.15) is 5.69 Å². The highest BCUT2D eigenvalue weighted by Crippen LogP contribution is 2.32. The number of likely N-dealkylation sites (N-methyl/N-ethyl adjacent to an activating group) is 1. The molecule has 4 aromatic rings. The minimum atomic E-state index is -0.948. The SMILES string of the molecule is Cc1cc(C(=O)N2CCN(C)CC2)ncc1-c1ccc(C[C@H](N)C(=O)N(c2ccc(-c3nnn[nH]3)cc2)C(=O)[C@H]2CC[C@H](CN)CC2)cc1.Cl. The number of imide groups is 1. The van der Waals surface area contributed by atoms with Crippen molar-refractivity contribution >= 4 is 35.8 Å². The molecule has 1 aliphatic heterocycles. The van der Waals surface area contributed by atoms with Gasteiger partial charge >= 0.3 is 0 Å². The minimum Gasteiger partial charge on any atom is -0.335 e. The number of hydrogen-bond acceptors (Lipinski definition) is 10. The zero-order valence-corrected chi connectivity index (χ0v) is 29.3. The fourth-order valence-corrected chi connectivity index (χ4v) is 6.71. The van der Waals surface area contributed by atoms with Crippen molar-refractivity contribution < 1.29 is 14.4 Å². The average molecular weight is 701 g/mol. The molecule has 0 spiro atoms. The maximum absolute atomic E-state index is 14.0. The molecule has 0 unspecified atom stereocenters. The summed E-state index contributed by atoms with van der Waals surface area (Å²) in [6.45, 7) is 5.67. The van der Waals surface area contributed by atoms with E-state index in [0.717, 1.165) is 53.7 Å². The van der Waals surface area contributed by atoms with Gasteiger partial charge in [0.05, 0.1) is 11.7 Å². The second-order valence-electron chi connectivity index (χ2n) is 13.2. The van der Waals surface area contributed by atoms with E-state index in [1.165, 1.54) is 4.90 Å². The molecule has 2 aromatic heterocycles. The smallest absolute Gasteiger partial charge is 0.272 e. The minimum absolute atomic E-state index is 0. The van der Waals surface area contributed by atoms with Crippen LogP contribution in [0.4, 0.5) is 5.69 Å². The molecular weight excluding hydrogens is 656 g/mol. The van der Waals surface area contributed by atoms with Crippen LogP contribution >= 0.6 is 12.4 Å². The molecule has 1 saturated heterocycles. The van der Waals surface area contributed by atoms with Crippen LogP contribution in [0.25, 0.3) is 22.5 Å². The number of anilines is 1. The van der Waals surface area contributed by atoms with Gasteiger partial charge in [-0.25, -0.2) is 10.00 Å². The van der Waals surface area contributed by atoms with Crippen molar-refractivity contribution in [1.29, 1.82) is 0 Å². The molecule has 1 atom stereocenters. The number of aromatic amines is 1. The Morgan fingerprint density at radius 2 is 1.62 bits per heavy atom. The lowest BCUT2D eigenvalue weighted by atomic mass is 9.81. The molecule has 2 fully saturated rings. The number of benzene rings is 2. The number of aromatic nitrogens is 5. The summed E-state index contributed by atoms with van der Waals surface area (Å²) < 4.78 is 0. The zero-order chi connectivity index (χ0) is 34.5. The normalized spacial score (nSPS) is 18.6. The van der Waals surface area contributed by atoms with Crippen LogP contribution in [0.15, 0.2) is 60.8 Å². The number of nitrogens with one attached hydrogen (secondary N) is 1. The monoisotopic (exact) mass is 700 g/mol. The fourth-order valence-electron chi connectivity index (χ4n) is 6.71. The van der Waals surface area contributed by atoms with Gasteiger partial charge in [-0.1, -0.05) is 24.3 Å². The maximum atomic E-state index is 14.0. The van der Waals surface area contributed by atoms with Gasteiger partial charge < -0.3 is 21.3 Å². The number of hydrogen-bond donors (Lipinski definition) is 3. The number of carbonyl (C=O) groups is 3. The first-order valence-electron chi connectivity index (χ1n) is 16.9. The molecule has 3 amide bonds. The van der Waals surface area contributed by atoms with Crippen molar-refractivity contribution in [3.8, 4) is 22.5 Å².